The summed E-state index contributed by atoms with van der Waals surface area (Å²) in [7, 11) is 2.29. The highest BCUT2D eigenvalue weighted by Gasteiger charge is 2.69. The molecular formula is C13H24O5Si. The van der Waals surface area contributed by atoms with E-state index in [1.807, 2.05) is 0 Å². The highest BCUT2D eigenvalue weighted by Crippen LogP contribution is 2.67. The summed E-state index contributed by atoms with van der Waals surface area (Å²) >= 11 is 0. The fraction of sp³-hybridized carbons (Fsp3) is 0.923. The fourth-order valence-corrected chi connectivity index (χ4v) is 7.62. The zero-order valence-corrected chi connectivity index (χ0v) is 13.2. The van der Waals surface area contributed by atoms with Crippen molar-refractivity contribution in [2.24, 2.45) is 11.8 Å². The highest BCUT2D eigenvalue weighted by atomic mass is 28.4. The molecule has 3 atom stereocenters. The van der Waals surface area contributed by atoms with E-state index in [2.05, 4.69) is 0 Å². The van der Waals surface area contributed by atoms with Gasteiger partial charge in [0.15, 0.2) is 0 Å². The third-order valence-electron chi connectivity index (χ3n) is 4.95. The van der Waals surface area contributed by atoms with Crippen LogP contribution in [-0.2, 0) is 22.8 Å². The van der Waals surface area contributed by atoms with Gasteiger partial charge in [0.25, 0.3) is 0 Å². The molecule has 2 aliphatic rings. The van der Waals surface area contributed by atoms with Gasteiger partial charge in [0.1, 0.15) is 0 Å². The summed E-state index contributed by atoms with van der Waals surface area (Å²) in [5.74, 6) is 0.756. The second-order valence-corrected chi connectivity index (χ2v) is 9.00. The van der Waals surface area contributed by atoms with Gasteiger partial charge in [-0.3, -0.25) is 4.79 Å². The van der Waals surface area contributed by atoms with Gasteiger partial charge in [-0.25, -0.2) is 0 Å². The van der Waals surface area contributed by atoms with Crippen LogP contribution in [0.4, 0.5) is 0 Å². The van der Waals surface area contributed by atoms with Gasteiger partial charge in [0.2, 0.25) is 0 Å². The zero-order chi connectivity index (χ0) is 14.1. The molecule has 2 bridgehead atoms. The molecule has 0 spiro atoms. The molecule has 5 nitrogen and oxygen atoms in total. The van der Waals surface area contributed by atoms with Crippen LogP contribution in [0.15, 0.2) is 0 Å². The summed E-state index contributed by atoms with van der Waals surface area (Å²) in [6.07, 6.45) is 4.39. The van der Waals surface area contributed by atoms with Gasteiger partial charge in [-0.2, -0.15) is 0 Å². The Labute approximate surface area is 115 Å². The van der Waals surface area contributed by atoms with Crippen LogP contribution >= 0.6 is 0 Å². The van der Waals surface area contributed by atoms with Crippen LogP contribution in [0.5, 0.6) is 0 Å². The number of hydrogen-bond donors (Lipinski definition) is 0. The maximum Gasteiger partial charge on any atom is 0.507 e. The van der Waals surface area contributed by atoms with E-state index < -0.39 is 8.80 Å². The quantitative estimate of drug-likeness (QED) is 0.552. The molecule has 0 radical (unpaired) electrons. The Morgan fingerprint density at radius 2 is 1.89 bits per heavy atom. The van der Waals surface area contributed by atoms with Crippen molar-refractivity contribution in [3.05, 3.63) is 0 Å². The lowest BCUT2D eigenvalue weighted by Crippen LogP contribution is -2.56. The SMILES string of the molecule is CO[Si](OC)(OC)C12CCC(CC1COC(C)=O)C2. The Hall–Kier alpha value is -0.433. The molecule has 0 aliphatic heterocycles. The monoisotopic (exact) mass is 288 g/mol. The van der Waals surface area contributed by atoms with Crippen molar-refractivity contribution in [2.45, 2.75) is 37.6 Å². The summed E-state index contributed by atoms with van der Waals surface area (Å²) in [6, 6.07) is 0. The summed E-state index contributed by atoms with van der Waals surface area (Å²) in [5, 5.41) is -0.0780. The molecule has 19 heavy (non-hydrogen) atoms. The topological polar surface area (TPSA) is 54.0 Å². The minimum atomic E-state index is -2.72. The molecule has 6 heteroatoms. The maximum absolute atomic E-state index is 11.1. The zero-order valence-electron chi connectivity index (χ0n) is 12.2. The number of fused-ring (bicyclic) bond motifs is 2. The van der Waals surface area contributed by atoms with Crippen LogP contribution in [-0.4, -0.2) is 42.7 Å². The molecule has 2 aliphatic carbocycles. The first-order valence-corrected chi connectivity index (χ1v) is 8.55. The van der Waals surface area contributed by atoms with E-state index in [1.54, 1.807) is 21.3 Å². The van der Waals surface area contributed by atoms with Crippen molar-refractivity contribution < 1.29 is 22.8 Å². The minimum Gasteiger partial charge on any atom is -0.466 e. The van der Waals surface area contributed by atoms with Crippen molar-refractivity contribution >= 4 is 14.8 Å². The van der Waals surface area contributed by atoms with Crippen LogP contribution in [0.3, 0.4) is 0 Å². The van der Waals surface area contributed by atoms with Gasteiger partial charge in [-0.15, -0.1) is 0 Å². The van der Waals surface area contributed by atoms with Crippen LogP contribution in [0.1, 0.15) is 32.6 Å². The van der Waals surface area contributed by atoms with Gasteiger partial charge >= 0.3 is 14.8 Å². The standard InChI is InChI=1S/C13H24O5Si/c1-10(14)18-9-12-7-11-5-6-13(12,8-11)19(15-2,16-3)17-4/h11-12H,5-9H2,1-4H3. The number of esters is 1. The van der Waals surface area contributed by atoms with Crippen molar-refractivity contribution in [1.29, 1.82) is 0 Å². The van der Waals surface area contributed by atoms with Crippen LogP contribution in [0.2, 0.25) is 5.04 Å². The first kappa shape index (κ1) is 15.0. The Bertz CT molecular complexity index is 336. The molecule has 2 fully saturated rings. The molecule has 110 valence electrons. The third kappa shape index (κ3) is 2.24. The van der Waals surface area contributed by atoms with E-state index in [1.165, 1.54) is 13.3 Å². The molecule has 2 rings (SSSR count). The number of carbonyl (C=O) groups is 1. The molecule has 0 saturated heterocycles. The van der Waals surface area contributed by atoms with E-state index in [0.29, 0.717) is 18.4 Å². The van der Waals surface area contributed by atoms with E-state index in [0.717, 1.165) is 19.3 Å². The lowest BCUT2D eigenvalue weighted by molar-refractivity contribution is -0.143. The van der Waals surface area contributed by atoms with Crippen molar-refractivity contribution in [3.8, 4) is 0 Å². The third-order valence-corrected chi connectivity index (χ3v) is 8.65. The Kier molecular flexibility index (Phi) is 4.34. The first-order chi connectivity index (χ1) is 9.03. The molecule has 0 heterocycles. The van der Waals surface area contributed by atoms with Gasteiger partial charge < -0.3 is 18.0 Å². The van der Waals surface area contributed by atoms with Crippen molar-refractivity contribution in [3.63, 3.8) is 0 Å². The lowest BCUT2D eigenvalue weighted by Gasteiger charge is -2.44. The number of rotatable bonds is 6. The molecule has 3 unspecified atom stereocenters. The van der Waals surface area contributed by atoms with Gasteiger partial charge in [0.05, 0.1) is 6.61 Å². The number of ether oxygens (including phenoxy) is 1. The number of carbonyl (C=O) groups excluding carboxylic acids is 1. The smallest absolute Gasteiger partial charge is 0.466 e. The Balaban J connectivity index is 2.23. The molecule has 0 aromatic heterocycles. The maximum atomic E-state index is 11.1. The average Bonchev–Trinajstić information content (AvgIpc) is 2.98. The predicted octanol–water partition coefficient (Wildman–Crippen LogP) is 1.99. The fourth-order valence-electron chi connectivity index (χ4n) is 4.21. The van der Waals surface area contributed by atoms with E-state index in [4.69, 9.17) is 18.0 Å². The Morgan fingerprint density at radius 3 is 2.37 bits per heavy atom. The molecule has 0 aromatic carbocycles. The molecular weight excluding hydrogens is 264 g/mol. The van der Waals surface area contributed by atoms with Crippen LogP contribution in [0, 0.1) is 11.8 Å². The largest absolute Gasteiger partial charge is 0.507 e. The predicted molar refractivity (Wildman–Crippen MR) is 71.6 cm³/mol. The van der Waals surface area contributed by atoms with Crippen LogP contribution in [0.25, 0.3) is 0 Å². The van der Waals surface area contributed by atoms with Crippen molar-refractivity contribution in [2.75, 3.05) is 27.9 Å². The van der Waals surface area contributed by atoms with Crippen molar-refractivity contribution in [1.82, 2.24) is 0 Å². The summed E-state index contributed by atoms with van der Waals surface area (Å²) in [5.41, 5.74) is 0. The second-order valence-electron chi connectivity index (χ2n) is 5.67. The van der Waals surface area contributed by atoms with E-state index >= 15 is 0 Å². The first-order valence-electron chi connectivity index (χ1n) is 6.82. The van der Waals surface area contributed by atoms with Gasteiger partial charge in [-0.05, 0) is 31.6 Å². The minimum absolute atomic E-state index is 0.0780. The normalized spacial score (nSPS) is 33.7. The van der Waals surface area contributed by atoms with Gasteiger partial charge in [-0.1, -0.05) is 0 Å². The average molecular weight is 288 g/mol. The molecule has 2 saturated carbocycles. The van der Waals surface area contributed by atoms with Gasteiger partial charge in [0, 0.05) is 39.2 Å². The van der Waals surface area contributed by atoms with E-state index in [-0.39, 0.29) is 11.0 Å². The molecule has 0 N–H and O–H groups in total. The highest BCUT2D eigenvalue weighted by molar-refractivity contribution is 6.64. The van der Waals surface area contributed by atoms with E-state index in [9.17, 15) is 4.79 Å². The van der Waals surface area contributed by atoms with Crippen LogP contribution < -0.4 is 0 Å². The summed E-state index contributed by atoms with van der Waals surface area (Å²) in [4.78, 5) is 11.1. The Morgan fingerprint density at radius 1 is 1.26 bits per heavy atom. The molecule has 0 aromatic rings. The lowest BCUT2D eigenvalue weighted by atomic mass is 9.88. The molecule has 0 amide bonds. The summed E-state index contributed by atoms with van der Waals surface area (Å²) < 4.78 is 22.4. The second kappa shape index (κ2) is 5.52. The summed E-state index contributed by atoms with van der Waals surface area (Å²) in [6.45, 7) is 1.91. The number of hydrogen-bond acceptors (Lipinski definition) is 5.